The number of pyridine rings is 2. The molecule has 7 rings (SSSR count). The molecule has 0 radical (unpaired) electrons. The third-order valence-electron chi connectivity index (χ3n) is 8.41. The number of rotatable bonds is 6. The number of ether oxygens (including phenoxy) is 1. The molecule has 1 fully saturated rings. The Balaban J connectivity index is 1.27. The minimum atomic E-state index is -3.27. The molecule has 10 nitrogen and oxygen atoms in total. The van der Waals surface area contributed by atoms with E-state index in [4.69, 9.17) is 4.74 Å². The average Bonchev–Trinajstić information content (AvgIpc) is 3.78. The molecule has 1 saturated carbocycles. The van der Waals surface area contributed by atoms with Gasteiger partial charge in [0.2, 0.25) is 10.0 Å². The Hall–Kier alpha value is -4.13. The summed E-state index contributed by atoms with van der Waals surface area (Å²) in [7, 11) is -3.27. The van der Waals surface area contributed by atoms with Gasteiger partial charge in [-0.1, -0.05) is 6.08 Å². The van der Waals surface area contributed by atoms with Gasteiger partial charge >= 0.3 is 0 Å². The molecule has 4 aromatic rings. The highest BCUT2D eigenvalue weighted by atomic mass is 32.2. The van der Waals surface area contributed by atoms with Gasteiger partial charge in [0, 0.05) is 42.1 Å². The largest absolute Gasteiger partial charge is 0.491 e. The van der Waals surface area contributed by atoms with Crippen LogP contribution in [0.4, 0.5) is 10.2 Å². The van der Waals surface area contributed by atoms with E-state index < -0.39 is 28.4 Å². The van der Waals surface area contributed by atoms with Gasteiger partial charge in [-0.25, -0.2) is 22.8 Å². The standard InChI is InChI=1S/C31H30FN5O5S/c1-43(40,41)36-10-6-19(7-11-36)26-16-23-21(4-8-33-29(23)35-26)22-5-9-34-30(24(22)17-38)37-12-13-42-27-15-20(18-2-3-18)14-25(32)28(27)31(37)39/h4-6,8-9,14-16,18,38H,2-3,7,10-13,17H2,1H3,(H,33,35). The maximum absolute atomic E-state index is 15.3. The van der Waals surface area contributed by atoms with Crippen molar-refractivity contribution in [2.24, 2.45) is 0 Å². The van der Waals surface area contributed by atoms with E-state index in [0.717, 1.165) is 40.6 Å². The number of anilines is 1. The number of aliphatic hydroxyl groups excluding tert-OH is 1. The van der Waals surface area contributed by atoms with Crippen molar-refractivity contribution in [3.05, 3.63) is 77.0 Å². The summed E-state index contributed by atoms with van der Waals surface area (Å²) in [6, 6.07) is 8.77. The second-order valence-corrected chi connectivity index (χ2v) is 13.2. The van der Waals surface area contributed by atoms with Gasteiger partial charge in [-0.3, -0.25) is 9.69 Å². The third-order valence-corrected chi connectivity index (χ3v) is 9.68. The molecule has 2 N–H and O–H groups in total. The van der Waals surface area contributed by atoms with Gasteiger partial charge in [0.05, 0.1) is 19.4 Å². The number of carbonyl (C=O) groups excluding carboxylic acids is 1. The summed E-state index contributed by atoms with van der Waals surface area (Å²) in [4.78, 5) is 27.5. The molecule has 0 unspecified atom stereocenters. The molecule has 0 saturated heterocycles. The monoisotopic (exact) mass is 603 g/mol. The SMILES string of the molecule is CS(=O)(=O)N1CC=C(c2cc3c(-c4ccnc(N5CCOc6cc(C7CC7)cc(F)c6C5=O)c4CO)ccnc3[nH]2)CC1. The van der Waals surface area contributed by atoms with Gasteiger partial charge in [0.15, 0.2) is 0 Å². The maximum atomic E-state index is 15.3. The smallest absolute Gasteiger partial charge is 0.266 e. The Kier molecular flexibility index (Phi) is 6.79. The molecule has 43 heavy (non-hydrogen) atoms. The summed E-state index contributed by atoms with van der Waals surface area (Å²) in [5.74, 6) is -0.402. The number of benzene rings is 1. The molecule has 5 heterocycles. The molecule has 1 amide bonds. The number of H-pyrrole nitrogens is 1. The van der Waals surface area contributed by atoms with Crippen LogP contribution in [0, 0.1) is 5.82 Å². The topological polar surface area (TPSA) is 129 Å². The van der Waals surface area contributed by atoms with Crippen molar-refractivity contribution in [1.82, 2.24) is 19.3 Å². The average molecular weight is 604 g/mol. The second-order valence-electron chi connectivity index (χ2n) is 11.2. The van der Waals surface area contributed by atoms with E-state index in [1.807, 2.05) is 18.2 Å². The summed E-state index contributed by atoms with van der Waals surface area (Å²) in [5, 5.41) is 11.4. The Morgan fingerprint density at radius 1 is 1.12 bits per heavy atom. The fraction of sp³-hybridized carbons (Fsp3) is 0.323. The lowest BCUT2D eigenvalue weighted by Crippen LogP contribution is -2.34. The van der Waals surface area contributed by atoms with Gasteiger partial charge in [-0.05, 0) is 77.8 Å². The van der Waals surface area contributed by atoms with Crippen LogP contribution in [0.5, 0.6) is 5.75 Å². The number of aromatic amines is 1. The first-order chi connectivity index (χ1) is 20.7. The molecule has 222 valence electrons. The van der Waals surface area contributed by atoms with Gasteiger partial charge < -0.3 is 14.8 Å². The van der Waals surface area contributed by atoms with E-state index in [2.05, 4.69) is 15.0 Å². The molecule has 1 aliphatic carbocycles. The van der Waals surface area contributed by atoms with E-state index in [1.165, 1.54) is 21.5 Å². The zero-order valence-electron chi connectivity index (χ0n) is 23.5. The highest BCUT2D eigenvalue weighted by molar-refractivity contribution is 7.88. The Labute approximate surface area is 247 Å². The van der Waals surface area contributed by atoms with Crippen LogP contribution in [-0.2, 0) is 16.6 Å². The summed E-state index contributed by atoms with van der Waals surface area (Å²) in [6.07, 6.45) is 8.89. The van der Waals surface area contributed by atoms with E-state index in [-0.39, 0.29) is 30.3 Å². The van der Waals surface area contributed by atoms with Crippen molar-refractivity contribution in [3.63, 3.8) is 0 Å². The molecule has 3 aliphatic rings. The highest BCUT2D eigenvalue weighted by Gasteiger charge is 2.33. The Morgan fingerprint density at radius 3 is 2.63 bits per heavy atom. The number of nitrogens with zero attached hydrogens (tertiary/aromatic N) is 4. The zero-order valence-corrected chi connectivity index (χ0v) is 24.3. The number of amides is 1. The minimum absolute atomic E-state index is 0.130. The normalized spacial score (nSPS) is 17.9. The number of halogens is 1. The van der Waals surface area contributed by atoms with E-state index in [9.17, 15) is 18.3 Å². The number of fused-ring (bicyclic) bond motifs is 2. The van der Waals surface area contributed by atoms with Crippen LogP contribution in [0.3, 0.4) is 0 Å². The molecular weight excluding hydrogens is 573 g/mol. The van der Waals surface area contributed by atoms with Crippen LogP contribution < -0.4 is 9.64 Å². The van der Waals surface area contributed by atoms with Crippen molar-refractivity contribution in [2.45, 2.75) is 31.8 Å². The molecule has 1 aromatic carbocycles. The first kappa shape index (κ1) is 27.7. The van der Waals surface area contributed by atoms with Crippen LogP contribution in [0.15, 0.2) is 48.8 Å². The molecule has 3 aromatic heterocycles. The van der Waals surface area contributed by atoms with Crippen LogP contribution in [0.1, 0.15) is 52.4 Å². The minimum Gasteiger partial charge on any atom is -0.491 e. The summed E-state index contributed by atoms with van der Waals surface area (Å²) in [5.41, 5.74) is 5.02. The first-order valence-corrected chi connectivity index (χ1v) is 16.1. The fourth-order valence-electron chi connectivity index (χ4n) is 6.01. The second kappa shape index (κ2) is 10.5. The van der Waals surface area contributed by atoms with Crippen LogP contribution in [0.2, 0.25) is 0 Å². The lowest BCUT2D eigenvalue weighted by atomic mass is 9.98. The zero-order chi connectivity index (χ0) is 29.9. The lowest BCUT2D eigenvalue weighted by molar-refractivity contribution is 0.0985. The molecule has 0 atom stereocenters. The molecule has 2 aliphatic heterocycles. The quantitative estimate of drug-likeness (QED) is 0.338. The first-order valence-electron chi connectivity index (χ1n) is 14.2. The fourth-order valence-corrected chi connectivity index (χ4v) is 6.78. The van der Waals surface area contributed by atoms with E-state index in [0.29, 0.717) is 42.2 Å². The lowest BCUT2D eigenvalue weighted by Gasteiger charge is -2.23. The number of aromatic nitrogens is 3. The van der Waals surface area contributed by atoms with E-state index >= 15 is 4.39 Å². The van der Waals surface area contributed by atoms with Gasteiger partial charge in [0.1, 0.15) is 35.2 Å². The van der Waals surface area contributed by atoms with E-state index in [1.54, 1.807) is 24.5 Å². The number of hydrogen-bond acceptors (Lipinski definition) is 7. The number of sulfonamides is 1. The Bertz CT molecular complexity index is 1920. The predicted molar refractivity (Wildman–Crippen MR) is 160 cm³/mol. The summed E-state index contributed by atoms with van der Waals surface area (Å²) >= 11 is 0. The van der Waals surface area contributed by atoms with Crippen molar-refractivity contribution in [1.29, 1.82) is 0 Å². The predicted octanol–water partition coefficient (Wildman–Crippen LogP) is 4.22. The number of aliphatic hydroxyl groups is 1. The summed E-state index contributed by atoms with van der Waals surface area (Å²) in [6.45, 7) is 0.559. The highest BCUT2D eigenvalue weighted by Crippen LogP contribution is 2.43. The molecule has 0 spiro atoms. The van der Waals surface area contributed by atoms with Gasteiger partial charge in [-0.2, -0.15) is 4.31 Å². The number of carbonyl (C=O) groups is 1. The third kappa shape index (κ3) is 4.98. The van der Waals surface area contributed by atoms with Gasteiger partial charge in [-0.15, -0.1) is 0 Å². The van der Waals surface area contributed by atoms with Crippen LogP contribution in [0.25, 0.3) is 27.7 Å². The van der Waals surface area contributed by atoms with Crippen molar-refractivity contribution in [2.75, 3.05) is 37.4 Å². The van der Waals surface area contributed by atoms with Crippen LogP contribution >= 0.6 is 0 Å². The molecule has 0 bridgehead atoms. The maximum Gasteiger partial charge on any atom is 0.266 e. The molecule has 12 heteroatoms. The summed E-state index contributed by atoms with van der Waals surface area (Å²) < 4.78 is 46.5. The van der Waals surface area contributed by atoms with Crippen molar-refractivity contribution >= 4 is 38.4 Å². The number of hydrogen-bond donors (Lipinski definition) is 2. The molecular formula is C31H30FN5O5S. The van der Waals surface area contributed by atoms with Crippen molar-refractivity contribution < 1.29 is 27.4 Å². The number of nitrogens with one attached hydrogen (secondary N) is 1. The van der Waals surface area contributed by atoms with Crippen molar-refractivity contribution in [3.8, 4) is 16.9 Å². The van der Waals surface area contributed by atoms with Gasteiger partial charge in [0.25, 0.3) is 5.91 Å². The Morgan fingerprint density at radius 2 is 1.91 bits per heavy atom. The van der Waals surface area contributed by atoms with Crippen LogP contribution in [-0.4, -0.2) is 71.2 Å².